The number of sulfonamides is 1. The highest BCUT2D eigenvalue weighted by molar-refractivity contribution is 7.91. The summed E-state index contributed by atoms with van der Waals surface area (Å²) in [5, 5.41) is 3.83. The van der Waals surface area contributed by atoms with Gasteiger partial charge < -0.3 is 9.42 Å². The molecule has 1 aliphatic heterocycles. The van der Waals surface area contributed by atoms with E-state index in [0.29, 0.717) is 40.2 Å². The molecule has 192 valence electrons. The van der Waals surface area contributed by atoms with Crippen molar-refractivity contribution in [3.05, 3.63) is 78.6 Å². The number of benzene rings is 2. The lowest BCUT2D eigenvalue weighted by molar-refractivity contribution is 0.0790. The van der Waals surface area contributed by atoms with Crippen LogP contribution in [0.25, 0.3) is 21.7 Å². The standard InChI is InChI=1S/C25H23N3O6S3/c1-36(30,31)23-5-3-2-4-20(23)17-6-8-18(9-7-17)25(29)28-14-12-19(16-28)27-37(32,33)24-11-10-22(35-24)21-13-15-34-26-21/h2-11,13,15,19,27H,12,14,16H2,1H3. The Hall–Kier alpha value is -3.32. The van der Waals surface area contributed by atoms with Crippen LogP contribution >= 0.6 is 11.3 Å². The number of nitrogens with one attached hydrogen (secondary N) is 1. The summed E-state index contributed by atoms with van der Waals surface area (Å²) in [6.07, 6.45) is 3.08. The van der Waals surface area contributed by atoms with Gasteiger partial charge in [-0.2, -0.15) is 0 Å². The summed E-state index contributed by atoms with van der Waals surface area (Å²) in [4.78, 5) is 15.6. The minimum absolute atomic E-state index is 0.167. The average Bonchev–Trinajstić information content (AvgIpc) is 3.65. The molecular formula is C25H23N3O6S3. The second-order valence-corrected chi connectivity index (χ2v) is 13.7. The Balaban J connectivity index is 1.25. The molecule has 5 rings (SSSR count). The second-order valence-electron chi connectivity index (χ2n) is 8.71. The summed E-state index contributed by atoms with van der Waals surface area (Å²) >= 11 is 1.10. The second kappa shape index (κ2) is 9.86. The van der Waals surface area contributed by atoms with Gasteiger partial charge in [0.25, 0.3) is 5.91 Å². The van der Waals surface area contributed by atoms with Gasteiger partial charge in [0.15, 0.2) is 9.84 Å². The highest BCUT2D eigenvalue weighted by Gasteiger charge is 2.31. The highest BCUT2D eigenvalue weighted by Crippen LogP contribution is 2.30. The number of sulfone groups is 1. The number of rotatable bonds is 7. The van der Waals surface area contributed by atoms with Crippen LogP contribution in [0.1, 0.15) is 16.8 Å². The maximum Gasteiger partial charge on any atom is 0.253 e. The smallest absolute Gasteiger partial charge is 0.253 e. The summed E-state index contributed by atoms with van der Waals surface area (Å²) in [5.74, 6) is -0.214. The lowest BCUT2D eigenvalue weighted by Crippen LogP contribution is -2.38. The lowest BCUT2D eigenvalue weighted by atomic mass is 10.0. The Morgan fingerprint density at radius 3 is 2.49 bits per heavy atom. The Labute approximate surface area is 218 Å². The van der Waals surface area contributed by atoms with Crippen LogP contribution < -0.4 is 4.72 Å². The monoisotopic (exact) mass is 557 g/mol. The first kappa shape index (κ1) is 25.3. The fourth-order valence-corrected chi connectivity index (χ4v) is 7.72. The molecule has 12 heteroatoms. The molecule has 0 bridgehead atoms. The zero-order valence-electron chi connectivity index (χ0n) is 19.7. The minimum Gasteiger partial charge on any atom is -0.364 e. The van der Waals surface area contributed by atoms with E-state index >= 15 is 0 Å². The predicted molar refractivity (Wildman–Crippen MR) is 139 cm³/mol. The average molecular weight is 558 g/mol. The van der Waals surface area contributed by atoms with Crippen molar-refractivity contribution in [1.29, 1.82) is 0 Å². The fourth-order valence-electron chi connectivity index (χ4n) is 4.26. The molecule has 37 heavy (non-hydrogen) atoms. The zero-order chi connectivity index (χ0) is 26.2. The molecule has 1 unspecified atom stereocenters. The van der Waals surface area contributed by atoms with E-state index in [1.807, 2.05) is 0 Å². The number of thiophene rings is 1. The molecule has 1 amide bonds. The van der Waals surface area contributed by atoms with Gasteiger partial charge in [-0.05, 0) is 42.3 Å². The van der Waals surface area contributed by atoms with Gasteiger partial charge in [-0.3, -0.25) is 4.79 Å². The van der Waals surface area contributed by atoms with E-state index < -0.39 is 25.9 Å². The molecule has 0 aliphatic carbocycles. The Bertz CT molecular complexity index is 1640. The van der Waals surface area contributed by atoms with Crippen LogP contribution in [0.15, 0.2) is 86.6 Å². The summed E-state index contributed by atoms with van der Waals surface area (Å²) in [6.45, 7) is 0.664. The van der Waals surface area contributed by atoms with Gasteiger partial charge in [0.05, 0.1) is 9.77 Å². The summed E-state index contributed by atoms with van der Waals surface area (Å²) in [7, 11) is -7.17. The largest absolute Gasteiger partial charge is 0.364 e. The van der Waals surface area contributed by atoms with Gasteiger partial charge in [0, 0.05) is 42.6 Å². The van der Waals surface area contributed by atoms with Crippen molar-refractivity contribution in [3.8, 4) is 21.7 Å². The zero-order valence-corrected chi connectivity index (χ0v) is 22.1. The third-order valence-corrected chi connectivity index (χ3v) is 10.3. The van der Waals surface area contributed by atoms with E-state index in [4.69, 9.17) is 4.52 Å². The van der Waals surface area contributed by atoms with Crippen molar-refractivity contribution >= 4 is 37.1 Å². The first-order valence-corrected chi connectivity index (χ1v) is 15.5. The molecule has 0 saturated carbocycles. The van der Waals surface area contributed by atoms with E-state index in [1.54, 1.807) is 65.6 Å². The van der Waals surface area contributed by atoms with Crippen LogP contribution in [0.4, 0.5) is 0 Å². The predicted octanol–water partition coefficient (Wildman–Crippen LogP) is 3.67. The summed E-state index contributed by atoms with van der Waals surface area (Å²) in [6, 6.07) is 17.9. The minimum atomic E-state index is -3.76. The number of nitrogens with zero attached hydrogens (tertiary/aromatic N) is 2. The van der Waals surface area contributed by atoms with Crippen LogP contribution in [0.2, 0.25) is 0 Å². The Morgan fingerprint density at radius 2 is 1.78 bits per heavy atom. The van der Waals surface area contributed by atoms with Gasteiger partial charge in [-0.1, -0.05) is 35.5 Å². The van der Waals surface area contributed by atoms with E-state index in [9.17, 15) is 21.6 Å². The van der Waals surface area contributed by atoms with Gasteiger partial charge in [-0.25, -0.2) is 21.6 Å². The number of hydrogen-bond acceptors (Lipinski definition) is 8. The molecule has 1 atom stereocenters. The molecular weight excluding hydrogens is 534 g/mol. The van der Waals surface area contributed by atoms with Crippen LogP contribution in [0.3, 0.4) is 0 Å². The molecule has 2 aromatic carbocycles. The number of aromatic nitrogens is 1. The van der Waals surface area contributed by atoms with Crippen LogP contribution in [-0.4, -0.2) is 58.2 Å². The number of hydrogen-bond donors (Lipinski definition) is 1. The Morgan fingerprint density at radius 1 is 1.03 bits per heavy atom. The highest BCUT2D eigenvalue weighted by atomic mass is 32.2. The van der Waals surface area contributed by atoms with Gasteiger partial charge in [0.1, 0.15) is 16.2 Å². The van der Waals surface area contributed by atoms with Crippen LogP contribution in [-0.2, 0) is 19.9 Å². The van der Waals surface area contributed by atoms with Crippen molar-refractivity contribution in [2.24, 2.45) is 0 Å². The van der Waals surface area contributed by atoms with Crippen molar-refractivity contribution in [2.45, 2.75) is 21.6 Å². The fraction of sp³-hybridized carbons (Fsp3) is 0.200. The quantitative estimate of drug-likeness (QED) is 0.367. The van der Waals surface area contributed by atoms with E-state index in [-0.39, 0.29) is 21.6 Å². The number of amides is 1. The van der Waals surface area contributed by atoms with Crippen molar-refractivity contribution in [1.82, 2.24) is 14.8 Å². The number of carbonyl (C=O) groups excluding carboxylic acids is 1. The lowest BCUT2D eigenvalue weighted by Gasteiger charge is -2.17. The maximum absolute atomic E-state index is 13.1. The molecule has 3 heterocycles. The van der Waals surface area contributed by atoms with E-state index in [1.165, 1.54) is 12.3 Å². The van der Waals surface area contributed by atoms with Crippen LogP contribution in [0.5, 0.6) is 0 Å². The Kier molecular flexibility index (Phi) is 6.75. The van der Waals surface area contributed by atoms with Gasteiger partial charge in [-0.15, -0.1) is 11.3 Å². The van der Waals surface area contributed by atoms with Crippen LogP contribution in [0, 0.1) is 0 Å². The molecule has 0 radical (unpaired) electrons. The van der Waals surface area contributed by atoms with Crippen molar-refractivity contribution in [2.75, 3.05) is 19.3 Å². The molecule has 1 N–H and O–H groups in total. The summed E-state index contributed by atoms with van der Waals surface area (Å²) < 4.78 is 57.8. The molecule has 4 aromatic rings. The molecule has 0 spiro atoms. The molecule has 2 aromatic heterocycles. The first-order valence-electron chi connectivity index (χ1n) is 11.3. The third kappa shape index (κ3) is 5.37. The van der Waals surface area contributed by atoms with Crippen molar-refractivity contribution < 1.29 is 26.2 Å². The normalized spacial score (nSPS) is 16.2. The van der Waals surface area contributed by atoms with Gasteiger partial charge in [0.2, 0.25) is 10.0 Å². The van der Waals surface area contributed by atoms with Gasteiger partial charge >= 0.3 is 0 Å². The molecule has 9 nitrogen and oxygen atoms in total. The molecule has 1 saturated heterocycles. The number of carbonyl (C=O) groups is 1. The first-order chi connectivity index (χ1) is 17.6. The van der Waals surface area contributed by atoms with E-state index in [0.717, 1.165) is 17.6 Å². The third-order valence-electron chi connectivity index (χ3n) is 6.06. The topological polar surface area (TPSA) is 127 Å². The van der Waals surface area contributed by atoms with Crippen molar-refractivity contribution in [3.63, 3.8) is 0 Å². The number of likely N-dealkylation sites (tertiary alicyclic amines) is 1. The molecule has 1 fully saturated rings. The SMILES string of the molecule is CS(=O)(=O)c1ccccc1-c1ccc(C(=O)N2CCC(NS(=O)(=O)c3ccc(-c4ccon4)s3)C2)cc1. The maximum atomic E-state index is 13.1. The molecule has 1 aliphatic rings. The van der Waals surface area contributed by atoms with E-state index in [2.05, 4.69) is 9.88 Å². The summed E-state index contributed by atoms with van der Waals surface area (Å²) in [5.41, 5.74) is 2.26.